The lowest BCUT2D eigenvalue weighted by Crippen LogP contribution is -2.09. The number of fused-ring (bicyclic) bond motifs is 1. The summed E-state index contributed by atoms with van der Waals surface area (Å²) in [4.78, 5) is 29.3. The first-order valence-electron chi connectivity index (χ1n) is 10.5. The van der Waals surface area contributed by atoms with Crippen molar-refractivity contribution in [3.8, 4) is 28.7 Å². The van der Waals surface area contributed by atoms with E-state index in [1.807, 2.05) is 0 Å². The third kappa shape index (κ3) is 4.51. The van der Waals surface area contributed by atoms with Crippen LogP contribution in [0.2, 0.25) is 0 Å². The maximum Gasteiger partial charge on any atom is 0.363 e. The normalized spacial score (nSPS) is 15.0. The van der Waals surface area contributed by atoms with Crippen LogP contribution in [0.1, 0.15) is 21.5 Å². The Labute approximate surface area is 200 Å². The van der Waals surface area contributed by atoms with Gasteiger partial charge in [-0.25, -0.2) is 14.6 Å². The molecule has 3 aromatic carbocycles. The van der Waals surface area contributed by atoms with Crippen molar-refractivity contribution in [3.05, 3.63) is 83.1 Å². The van der Waals surface area contributed by atoms with Gasteiger partial charge in [0, 0.05) is 5.56 Å². The Morgan fingerprint density at radius 2 is 1.71 bits per heavy atom. The van der Waals surface area contributed by atoms with E-state index in [2.05, 4.69) is 4.99 Å². The van der Waals surface area contributed by atoms with Crippen LogP contribution in [0.25, 0.3) is 6.08 Å². The number of ether oxygens (including phenoxy) is 6. The van der Waals surface area contributed by atoms with Crippen LogP contribution in [0.3, 0.4) is 0 Å². The predicted molar refractivity (Wildman–Crippen MR) is 124 cm³/mol. The summed E-state index contributed by atoms with van der Waals surface area (Å²) < 4.78 is 31.9. The Hall–Kier alpha value is -4.79. The molecule has 2 aliphatic rings. The number of benzene rings is 3. The largest absolute Gasteiger partial charge is 0.497 e. The lowest BCUT2D eigenvalue weighted by molar-refractivity contribution is -0.129. The first-order chi connectivity index (χ1) is 17.0. The van der Waals surface area contributed by atoms with E-state index in [4.69, 9.17) is 28.4 Å². The highest BCUT2D eigenvalue weighted by Crippen LogP contribution is 2.34. The lowest BCUT2D eigenvalue weighted by atomic mass is 10.1. The number of esters is 2. The van der Waals surface area contributed by atoms with Crippen LogP contribution in [-0.4, -0.2) is 38.8 Å². The van der Waals surface area contributed by atoms with Crippen LogP contribution in [-0.2, 0) is 9.53 Å². The van der Waals surface area contributed by atoms with Crippen molar-refractivity contribution in [2.75, 3.05) is 21.0 Å². The third-order valence-electron chi connectivity index (χ3n) is 5.26. The predicted octanol–water partition coefficient (Wildman–Crippen LogP) is 4.00. The van der Waals surface area contributed by atoms with E-state index in [1.54, 1.807) is 73.8 Å². The monoisotopic (exact) mass is 473 g/mol. The van der Waals surface area contributed by atoms with Gasteiger partial charge in [0.15, 0.2) is 28.7 Å². The lowest BCUT2D eigenvalue weighted by Gasteiger charge is -2.10. The minimum Gasteiger partial charge on any atom is -0.497 e. The number of carbonyl (C=O) groups is 2. The summed E-state index contributed by atoms with van der Waals surface area (Å²) in [5, 5.41) is 0. The average Bonchev–Trinajstić information content (AvgIpc) is 3.50. The molecule has 0 saturated carbocycles. The molecule has 2 aliphatic heterocycles. The van der Waals surface area contributed by atoms with E-state index in [1.165, 1.54) is 7.11 Å². The highest BCUT2D eigenvalue weighted by atomic mass is 16.7. The minimum absolute atomic E-state index is 0.109. The molecule has 0 amide bonds. The second-order valence-corrected chi connectivity index (χ2v) is 7.43. The van der Waals surface area contributed by atoms with E-state index in [0.29, 0.717) is 39.7 Å². The number of hydrogen-bond acceptors (Lipinski definition) is 9. The fraction of sp³-hybridized carbons (Fsp3) is 0.115. The van der Waals surface area contributed by atoms with Crippen molar-refractivity contribution in [3.63, 3.8) is 0 Å². The third-order valence-corrected chi connectivity index (χ3v) is 5.26. The molecule has 0 atom stereocenters. The van der Waals surface area contributed by atoms with E-state index in [0.717, 1.165) is 0 Å². The molecule has 3 aromatic rings. The van der Waals surface area contributed by atoms with Crippen molar-refractivity contribution < 1.29 is 38.0 Å². The van der Waals surface area contributed by atoms with Gasteiger partial charge < -0.3 is 28.4 Å². The highest BCUT2D eigenvalue weighted by Gasteiger charge is 2.24. The summed E-state index contributed by atoms with van der Waals surface area (Å²) in [5.74, 6) is 1.29. The van der Waals surface area contributed by atoms with Gasteiger partial charge in [-0.3, -0.25) is 0 Å². The number of hydrogen-bond donors (Lipinski definition) is 0. The average molecular weight is 473 g/mol. The molecule has 9 nitrogen and oxygen atoms in total. The second kappa shape index (κ2) is 9.22. The Morgan fingerprint density at radius 3 is 2.49 bits per heavy atom. The van der Waals surface area contributed by atoms with Gasteiger partial charge in [0.2, 0.25) is 12.7 Å². The van der Waals surface area contributed by atoms with Crippen LogP contribution < -0.4 is 23.7 Å². The molecule has 0 bridgehead atoms. The van der Waals surface area contributed by atoms with Crippen molar-refractivity contribution >= 4 is 23.9 Å². The molecule has 0 saturated heterocycles. The van der Waals surface area contributed by atoms with Gasteiger partial charge in [0.25, 0.3) is 0 Å². The Bertz CT molecular complexity index is 1370. The molecule has 0 radical (unpaired) electrons. The van der Waals surface area contributed by atoms with Crippen LogP contribution in [0.5, 0.6) is 28.7 Å². The van der Waals surface area contributed by atoms with Crippen LogP contribution in [0.15, 0.2) is 71.4 Å². The maximum absolute atomic E-state index is 12.6. The topological polar surface area (TPSA) is 102 Å². The molecule has 9 heteroatoms. The molecule has 176 valence electrons. The molecule has 2 heterocycles. The molecule has 5 rings (SSSR count). The zero-order chi connectivity index (χ0) is 24.4. The van der Waals surface area contributed by atoms with E-state index in [-0.39, 0.29) is 24.1 Å². The Morgan fingerprint density at radius 1 is 0.914 bits per heavy atom. The fourth-order valence-corrected chi connectivity index (χ4v) is 3.46. The van der Waals surface area contributed by atoms with Crippen LogP contribution in [0, 0.1) is 0 Å². The number of cyclic esters (lactones) is 1. The van der Waals surface area contributed by atoms with Gasteiger partial charge >= 0.3 is 11.9 Å². The molecule has 0 fully saturated rings. The smallest absolute Gasteiger partial charge is 0.363 e. The summed E-state index contributed by atoms with van der Waals surface area (Å²) in [5.41, 5.74) is 1.68. The molecule has 0 spiro atoms. The molecule has 0 aliphatic carbocycles. The van der Waals surface area contributed by atoms with Gasteiger partial charge in [-0.15, -0.1) is 0 Å². The Balaban J connectivity index is 1.35. The van der Waals surface area contributed by atoms with E-state index in [9.17, 15) is 9.59 Å². The summed E-state index contributed by atoms with van der Waals surface area (Å²) in [6, 6.07) is 16.7. The second-order valence-electron chi connectivity index (χ2n) is 7.43. The zero-order valence-corrected chi connectivity index (χ0v) is 18.8. The number of carbonyl (C=O) groups excluding carboxylic acids is 2. The first kappa shape index (κ1) is 22.0. The van der Waals surface area contributed by atoms with Gasteiger partial charge in [-0.05, 0) is 66.2 Å². The van der Waals surface area contributed by atoms with E-state index >= 15 is 0 Å². The number of aliphatic imine (C=N–C) groups is 1. The number of methoxy groups -OCH3 is 2. The van der Waals surface area contributed by atoms with Gasteiger partial charge in [-0.1, -0.05) is 6.07 Å². The summed E-state index contributed by atoms with van der Waals surface area (Å²) >= 11 is 0. The van der Waals surface area contributed by atoms with Crippen molar-refractivity contribution in [2.45, 2.75) is 0 Å². The molecule has 35 heavy (non-hydrogen) atoms. The molecule has 0 unspecified atom stereocenters. The van der Waals surface area contributed by atoms with Gasteiger partial charge in [0.05, 0.1) is 19.8 Å². The zero-order valence-electron chi connectivity index (χ0n) is 18.8. The number of rotatable bonds is 6. The van der Waals surface area contributed by atoms with Crippen LogP contribution in [0.4, 0.5) is 0 Å². The summed E-state index contributed by atoms with van der Waals surface area (Å²) in [6.45, 7) is 0.109. The SMILES string of the molecule is COc1ccc(C2=N/C(=C\c3ccc(OC(=O)c4ccc5c(c4)OCO5)c(OC)c3)C(=O)O2)cc1. The van der Waals surface area contributed by atoms with Gasteiger partial charge in [-0.2, -0.15) is 0 Å². The molecule has 0 aromatic heterocycles. The molecule has 0 N–H and O–H groups in total. The quantitative estimate of drug-likeness (QED) is 0.301. The highest BCUT2D eigenvalue weighted by molar-refractivity contribution is 6.12. The fourth-order valence-electron chi connectivity index (χ4n) is 3.46. The first-order valence-corrected chi connectivity index (χ1v) is 10.5. The van der Waals surface area contributed by atoms with Crippen molar-refractivity contribution in [1.82, 2.24) is 0 Å². The van der Waals surface area contributed by atoms with Crippen LogP contribution >= 0.6 is 0 Å². The molecular weight excluding hydrogens is 454 g/mol. The maximum atomic E-state index is 12.6. The summed E-state index contributed by atoms with van der Waals surface area (Å²) in [7, 11) is 3.02. The standard InChI is InChI=1S/C26H19NO8/c1-30-18-7-4-16(5-8-18)24-27-19(26(29)35-24)11-15-3-9-21(22(12-15)31-2)34-25(28)17-6-10-20-23(13-17)33-14-32-20/h3-13H,14H2,1-2H3/b19-11-. The van der Waals surface area contributed by atoms with E-state index < -0.39 is 11.9 Å². The Kier molecular flexibility index (Phi) is 5.80. The van der Waals surface area contributed by atoms with Gasteiger partial charge in [0.1, 0.15) is 5.75 Å². The summed E-state index contributed by atoms with van der Waals surface area (Å²) in [6.07, 6.45) is 1.56. The molecular formula is C26H19NO8. The van der Waals surface area contributed by atoms with Crippen molar-refractivity contribution in [1.29, 1.82) is 0 Å². The van der Waals surface area contributed by atoms with Crippen molar-refractivity contribution in [2.24, 2.45) is 4.99 Å². The number of nitrogens with zero attached hydrogens (tertiary/aromatic N) is 1. The minimum atomic E-state index is -0.583.